The van der Waals surface area contributed by atoms with Crippen molar-refractivity contribution >= 4 is 195 Å². The predicted molar refractivity (Wildman–Crippen MR) is 593 cm³/mol. The number of rotatable bonds is 13. The van der Waals surface area contributed by atoms with Crippen LogP contribution in [-0.2, 0) is 4.57 Å². The Kier molecular flexibility index (Phi) is 20.6. The highest BCUT2D eigenvalue weighted by molar-refractivity contribution is 7.85. The number of thiophene rings is 2. The first-order valence-electron chi connectivity index (χ1n) is 47.5. The molecule has 11 aromatic heterocycles. The van der Waals surface area contributed by atoms with Gasteiger partial charge in [0.15, 0.2) is 24.6 Å². The molecule has 29 rings (SSSR count). The molecule has 0 bridgehead atoms. The first-order chi connectivity index (χ1) is 70.7. The van der Waals surface area contributed by atoms with Crippen LogP contribution < -0.4 is 15.9 Å². The minimum Gasteiger partial charge on any atom is -0.455 e. The Hall–Kier alpha value is -18.2. The van der Waals surface area contributed by atoms with Gasteiger partial charge >= 0.3 is 0 Å². The minimum atomic E-state index is -3.04. The molecule has 0 atom stereocenters. The number of benzene rings is 18. The third-order valence-electron chi connectivity index (χ3n) is 27.2. The number of fused-ring (bicyclic) bond motifs is 22. The van der Waals surface area contributed by atoms with Crippen molar-refractivity contribution < 1.29 is 17.8 Å². The van der Waals surface area contributed by atoms with Crippen LogP contribution in [0.2, 0.25) is 0 Å². The Balaban J connectivity index is 0.000000107. The van der Waals surface area contributed by atoms with Crippen LogP contribution in [0.15, 0.2) is 481 Å². The minimum absolute atomic E-state index is 0.632. The van der Waals surface area contributed by atoms with Gasteiger partial charge in [0.2, 0.25) is 0 Å². The monoisotopic (exact) mass is 1880 g/mol. The van der Waals surface area contributed by atoms with E-state index < -0.39 is 7.14 Å². The average Bonchev–Trinajstić information content (AvgIpc) is 1.58. The molecule has 15 heteroatoms. The molecule has 0 aliphatic rings. The predicted octanol–water partition coefficient (Wildman–Crippen LogP) is 33.6. The van der Waals surface area contributed by atoms with E-state index in [1.807, 2.05) is 223 Å². The van der Waals surface area contributed by atoms with Crippen molar-refractivity contribution in [2.24, 2.45) is 0 Å². The summed E-state index contributed by atoms with van der Waals surface area (Å²) in [6.07, 6.45) is 3.88. The fourth-order valence-corrected chi connectivity index (χ4v) is 25.5. The van der Waals surface area contributed by atoms with Gasteiger partial charge in [0.1, 0.15) is 33.5 Å². The van der Waals surface area contributed by atoms with Gasteiger partial charge in [-0.1, -0.05) is 358 Å². The number of furan rings is 3. The quantitative estimate of drug-likeness (QED) is 0.101. The molecular formula is C128H77N8O4PS2. The van der Waals surface area contributed by atoms with Crippen LogP contribution in [0.5, 0.6) is 0 Å². The number of hydrogen-bond acceptors (Lipinski definition) is 14. The van der Waals surface area contributed by atoms with Gasteiger partial charge in [-0.05, 0) is 130 Å². The fraction of sp³-hybridized carbons (Fsp3) is 0. The Labute approximate surface area is 826 Å². The lowest BCUT2D eigenvalue weighted by Crippen LogP contribution is -2.24. The summed E-state index contributed by atoms with van der Waals surface area (Å²) in [7, 11) is -3.04. The summed E-state index contributed by atoms with van der Waals surface area (Å²) in [5, 5.41) is 19.2. The number of para-hydroxylation sites is 8. The normalized spacial score (nSPS) is 11.8. The molecule has 18 aromatic carbocycles. The molecule has 0 amide bonds. The summed E-state index contributed by atoms with van der Waals surface area (Å²) in [6, 6.07) is 155. The molecule has 670 valence electrons. The van der Waals surface area contributed by atoms with E-state index in [-0.39, 0.29) is 0 Å². The van der Waals surface area contributed by atoms with Gasteiger partial charge in [0.05, 0.1) is 50.4 Å². The van der Waals surface area contributed by atoms with E-state index in [1.54, 1.807) is 0 Å². The van der Waals surface area contributed by atoms with Gasteiger partial charge in [0.25, 0.3) is 0 Å². The molecule has 29 aromatic rings. The molecule has 0 spiro atoms. The van der Waals surface area contributed by atoms with Gasteiger partial charge < -0.3 is 17.8 Å². The van der Waals surface area contributed by atoms with E-state index in [4.69, 9.17) is 53.1 Å². The zero-order valence-electron chi connectivity index (χ0n) is 76.4. The lowest BCUT2D eigenvalue weighted by Gasteiger charge is -2.20. The van der Waals surface area contributed by atoms with Crippen LogP contribution >= 0.6 is 29.8 Å². The Morgan fingerprint density at radius 3 is 1.08 bits per heavy atom. The number of pyridine rings is 5. The van der Waals surface area contributed by atoms with Crippen molar-refractivity contribution in [3.8, 4) is 113 Å². The second-order valence-electron chi connectivity index (χ2n) is 35.7. The topological polar surface area (TPSA) is 160 Å². The van der Waals surface area contributed by atoms with Gasteiger partial charge in [-0.3, -0.25) is 9.97 Å². The summed E-state index contributed by atoms with van der Waals surface area (Å²) in [4.78, 5) is 40.1. The van der Waals surface area contributed by atoms with Gasteiger partial charge in [-0.15, -0.1) is 22.7 Å². The maximum atomic E-state index is 14.9. The number of nitrogens with zero attached hydrogens (tertiary/aromatic N) is 8. The maximum absolute atomic E-state index is 14.9. The summed E-state index contributed by atoms with van der Waals surface area (Å²) < 4.78 is 39.6. The van der Waals surface area contributed by atoms with Gasteiger partial charge in [-0.2, -0.15) is 0 Å². The Morgan fingerprint density at radius 1 is 0.217 bits per heavy atom. The fourth-order valence-electron chi connectivity index (χ4n) is 20.3. The summed E-state index contributed by atoms with van der Waals surface area (Å²) >= 11 is 3.63. The van der Waals surface area contributed by atoms with Crippen LogP contribution in [0, 0.1) is 0 Å². The van der Waals surface area contributed by atoms with Gasteiger partial charge in [-0.25, -0.2) is 29.9 Å². The van der Waals surface area contributed by atoms with E-state index in [0.717, 1.165) is 220 Å². The van der Waals surface area contributed by atoms with Gasteiger partial charge in [0, 0.05) is 156 Å². The SMILES string of the molecule is O=P(c1ccccc1)(c1ccccc1)c1ccc2cc(-c3ccc(-c4nc5ccccc5c5sc6ccccc6c45)nc3)ccc2c1.c1ccc(-c2nc(-c3ccccc3)nc(-c3ccc(-c4ccc(-c5nc6ccccc6c6sc7ccccc7c56)nc4)cc3)n2)cc1.c1ccc2c(c1)nc(-c1cc(-c3cccc4c3oc3ccccc34)cc(-c3cccc4c3oc3ccccc34)c1)c1c3ccccc3oc21. The van der Waals surface area contributed by atoms with E-state index in [1.165, 1.54) is 40.3 Å². The molecule has 0 N–H and O–H groups in total. The van der Waals surface area contributed by atoms with Crippen molar-refractivity contribution in [3.63, 3.8) is 0 Å². The Bertz CT molecular complexity index is 9930. The van der Waals surface area contributed by atoms with Crippen LogP contribution in [0.4, 0.5) is 0 Å². The smallest absolute Gasteiger partial charge is 0.171 e. The standard InChI is InChI=1S/C45H25NO3.C42H27N2OPS.C41H25N5S/c1-5-19-37-35(13-1)45-41(36-14-4-8-22-40(36)49-45)42(46-37)28-24-26(29-15-9-17-33-31-11-2-6-20-38(31)47-43(29)33)23-27(25-28)30-16-10-18-34-32-12-3-7-21-39(32)48-44(30)34;45-46(32-11-3-1-4-12-32,33-13-5-2-6-14-33)34-23-21-28-25-29(19-20-30(28)26-34)31-22-24-38(43-27-31)41-40-36-16-8-10-18-39(36)47-42(40)35-15-7-9-17-37(35)44-41;1-3-11-27(12-4-1)39-44-40(28-13-5-2-6-14-28)46-41(45-39)29-21-19-26(20-22-29)30-23-24-34(42-25-30)37-36-32-16-8-10-18-35(32)47-38(36)31-15-7-9-17-33(31)43-37/h1-25H;1-27H;1-25H. The van der Waals surface area contributed by atoms with Crippen LogP contribution in [0.25, 0.3) is 262 Å². The highest BCUT2D eigenvalue weighted by atomic mass is 32.1. The molecule has 0 unspecified atom stereocenters. The molecule has 0 fully saturated rings. The average molecular weight is 1890 g/mol. The lowest BCUT2D eigenvalue weighted by molar-refractivity contribution is 0.592. The molecule has 0 saturated heterocycles. The summed E-state index contributed by atoms with van der Waals surface area (Å²) in [6.45, 7) is 0. The second kappa shape index (κ2) is 35.1. The first-order valence-corrected chi connectivity index (χ1v) is 50.8. The Morgan fingerprint density at radius 2 is 0.580 bits per heavy atom. The van der Waals surface area contributed by atoms with Crippen molar-refractivity contribution in [2.75, 3.05) is 0 Å². The molecule has 143 heavy (non-hydrogen) atoms. The van der Waals surface area contributed by atoms with Crippen LogP contribution in [0.1, 0.15) is 0 Å². The zero-order valence-corrected chi connectivity index (χ0v) is 79.0. The van der Waals surface area contributed by atoms with E-state index in [9.17, 15) is 4.57 Å². The molecule has 0 saturated carbocycles. The first kappa shape index (κ1) is 84.1. The summed E-state index contributed by atoms with van der Waals surface area (Å²) in [5.41, 5.74) is 24.5. The lowest BCUT2D eigenvalue weighted by atomic mass is 9.92. The largest absolute Gasteiger partial charge is 0.455 e. The third kappa shape index (κ3) is 14.8. The van der Waals surface area contributed by atoms with Crippen molar-refractivity contribution in [1.82, 2.24) is 39.9 Å². The second-order valence-corrected chi connectivity index (χ2v) is 40.6. The molecular weight excluding hydrogens is 1810 g/mol. The third-order valence-corrected chi connectivity index (χ3v) is 32.7. The van der Waals surface area contributed by atoms with Crippen molar-refractivity contribution in [1.29, 1.82) is 0 Å². The number of aromatic nitrogens is 8. The maximum Gasteiger partial charge on any atom is 0.171 e. The van der Waals surface area contributed by atoms with E-state index in [0.29, 0.717) is 17.5 Å². The van der Waals surface area contributed by atoms with E-state index >= 15 is 0 Å². The van der Waals surface area contributed by atoms with Crippen molar-refractivity contribution in [2.45, 2.75) is 0 Å². The highest BCUT2D eigenvalue weighted by Crippen LogP contribution is 2.50. The zero-order chi connectivity index (χ0) is 94.6. The molecule has 0 aliphatic heterocycles. The number of hydrogen-bond donors (Lipinski definition) is 0. The van der Waals surface area contributed by atoms with Crippen LogP contribution in [0.3, 0.4) is 0 Å². The highest BCUT2D eigenvalue weighted by Gasteiger charge is 2.31. The van der Waals surface area contributed by atoms with E-state index in [2.05, 4.69) is 267 Å². The molecule has 12 nitrogen and oxygen atoms in total. The molecule has 0 aliphatic carbocycles. The van der Waals surface area contributed by atoms with Crippen molar-refractivity contribution in [3.05, 3.63) is 467 Å². The molecule has 11 heterocycles. The van der Waals surface area contributed by atoms with Crippen LogP contribution in [-0.4, -0.2) is 39.9 Å². The summed E-state index contributed by atoms with van der Waals surface area (Å²) in [5.74, 6) is 1.92. The molecule has 0 radical (unpaired) electrons.